The van der Waals surface area contributed by atoms with Crippen LogP contribution in [0.4, 0.5) is 0 Å². The molecule has 0 saturated heterocycles. The van der Waals surface area contributed by atoms with Crippen LogP contribution in [-0.4, -0.2) is 17.5 Å². The van der Waals surface area contributed by atoms with Gasteiger partial charge in [-0.2, -0.15) is 0 Å². The van der Waals surface area contributed by atoms with Gasteiger partial charge in [-0.1, -0.05) is 6.07 Å². The Kier molecular flexibility index (Phi) is 3.99. The Bertz CT molecular complexity index is 383. The Labute approximate surface area is 90.1 Å². The summed E-state index contributed by atoms with van der Waals surface area (Å²) in [5.74, 6) is -0.670. The highest BCUT2D eigenvalue weighted by atomic mass is 32.1. The van der Waals surface area contributed by atoms with Gasteiger partial charge in [-0.3, -0.25) is 10.1 Å². The molecule has 0 N–H and O–H groups in total. The molecule has 0 fully saturated rings. The summed E-state index contributed by atoms with van der Waals surface area (Å²) in [6.45, 7) is 1.84. The summed E-state index contributed by atoms with van der Waals surface area (Å²) in [6, 6.07) is 3.35. The maximum atomic E-state index is 11.4. The molecule has 0 amide bonds. The molecule has 0 aliphatic carbocycles. The topological polar surface area (TPSA) is 69.4 Å². The van der Waals surface area contributed by atoms with E-state index in [0.29, 0.717) is 11.1 Å². The molecule has 1 aromatic rings. The Hall–Kier alpha value is -1.69. The number of nitrogens with zero attached hydrogens (tertiary/aromatic N) is 1. The van der Waals surface area contributed by atoms with E-state index in [1.54, 1.807) is 24.4 Å². The zero-order chi connectivity index (χ0) is 11.3. The molecule has 0 atom stereocenters. The summed E-state index contributed by atoms with van der Waals surface area (Å²) in [5.41, 5.74) is -0.0168. The van der Waals surface area contributed by atoms with Gasteiger partial charge in [0.1, 0.15) is 5.57 Å². The maximum absolute atomic E-state index is 11.4. The van der Waals surface area contributed by atoms with Crippen molar-refractivity contribution in [2.75, 3.05) is 6.61 Å². The van der Waals surface area contributed by atoms with Crippen molar-refractivity contribution in [3.8, 4) is 0 Å². The van der Waals surface area contributed by atoms with E-state index < -0.39 is 10.9 Å². The van der Waals surface area contributed by atoms with Gasteiger partial charge in [0.15, 0.2) is 0 Å². The average Bonchev–Trinajstić information content (AvgIpc) is 2.66. The lowest BCUT2D eigenvalue weighted by molar-refractivity contribution is -0.401. The van der Waals surface area contributed by atoms with Gasteiger partial charge in [-0.05, 0) is 18.4 Å². The van der Waals surface area contributed by atoms with Crippen LogP contribution in [-0.2, 0) is 9.53 Å². The molecule has 1 heterocycles. The molecule has 0 bridgehead atoms. The van der Waals surface area contributed by atoms with Crippen molar-refractivity contribution in [1.82, 2.24) is 0 Å². The predicted octanol–water partition coefficient (Wildman–Crippen LogP) is 1.93. The van der Waals surface area contributed by atoms with Gasteiger partial charge in [-0.25, -0.2) is 4.79 Å². The van der Waals surface area contributed by atoms with Crippen molar-refractivity contribution in [2.45, 2.75) is 6.92 Å². The van der Waals surface area contributed by atoms with Crippen LogP contribution < -0.4 is 0 Å². The lowest BCUT2D eigenvalue weighted by atomic mass is 10.2. The van der Waals surface area contributed by atoms with Crippen LogP contribution in [0.3, 0.4) is 0 Å². The van der Waals surface area contributed by atoms with Crippen LogP contribution in [0, 0.1) is 10.1 Å². The molecule has 0 saturated carbocycles. The third kappa shape index (κ3) is 3.17. The fourth-order valence-corrected chi connectivity index (χ4v) is 1.69. The number of ether oxygens (including phenoxy) is 1. The first-order valence-corrected chi connectivity index (χ1v) is 5.09. The molecule has 1 rings (SSSR count). The van der Waals surface area contributed by atoms with Gasteiger partial charge in [0, 0.05) is 4.88 Å². The summed E-state index contributed by atoms with van der Waals surface area (Å²) in [4.78, 5) is 21.6. The third-order valence-corrected chi connectivity index (χ3v) is 2.42. The molecular weight excluding hydrogens is 218 g/mol. The van der Waals surface area contributed by atoms with Gasteiger partial charge < -0.3 is 4.74 Å². The van der Waals surface area contributed by atoms with Gasteiger partial charge in [-0.15, -0.1) is 11.3 Å². The van der Waals surface area contributed by atoms with Crippen LogP contribution in [0.15, 0.2) is 23.7 Å². The van der Waals surface area contributed by atoms with Crippen molar-refractivity contribution >= 4 is 22.9 Å². The summed E-state index contributed by atoms with van der Waals surface area (Å²) in [6.07, 6.45) is 0.670. The molecule has 1 aromatic heterocycles. The Balaban J connectivity index is 2.99. The van der Waals surface area contributed by atoms with E-state index in [-0.39, 0.29) is 12.2 Å². The fourth-order valence-electron chi connectivity index (χ4n) is 0.963. The summed E-state index contributed by atoms with van der Waals surface area (Å²) in [5, 5.41) is 12.1. The van der Waals surface area contributed by atoms with Gasteiger partial charge in [0.25, 0.3) is 0 Å². The highest BCUT2D eigenvalue weighted by molar-refractivity contribution is 7.11. The fraction of sp³-hybridized carbons (Fsp3) is 0.222. The molecule has 0 aromatic carbocycles. The summed E-state index contributed by atoms with van der Waals surface area (Å²) < 4.78 is 4.72. The van der Waals surface area contributed by atoms with Gasteiger partial charge >= 0.3 is 5.97 Å². The van der Waals surface area contributed by atoms with Crippen molar-refractivity contribution in [2.24, 2.45) is 0 Å². The third-order valence-electron chi connectivity index (χ3n) is 1.52. The largest absolute Gasteiger partial charge is 0.462 e. The van der Waals surface area contributed by atoms with Crippen molar-refractivity contribution < 1.29 is 14.5 Å². The molecular formula is C9H9NO4S. The molecule has 0 spiro atoms. The van der Waals surface area contributed by atoms with Crippen molar-refractivity contribution in [3.05, 3.63) is 38.7 Å². The first-order valence-electron chi connectivity index (χ1n) is 4.21. The van der Waals surface area contributed by atoms with E-state index >= 15 is 0 Å². The second-order valence-electron chi connectivity index (χ2n) is 2.53. The molecule has 0 radical (unpaired) electrons. The minimum atomic E-state index is -0.670. The van der Waals surface area contributed by atoms with Crippen LogP contribution in [0.25, 0.3) is 5.57 Å². The first-order chi connectivity index (χ1) is 7.15. The normalized spacial score (nSPS) is 11.1. The van der Waals surface area contributed by atoms with Crippen LogP contribution in [0.2, 0.25) is 0 Å². The van der Waals surface area contributed by atoms with E-state index in [0.717, 1.165) is 0 Å². The molecule has 80 valence electrons. The van der Waals surface area contributed by atoms with E-state index in [2.05, 4.69) is 0 Å². The second-order valence-corrected chi connectivity index (χ2v) is 3.47. The quantitative estimate of drug-likeness (QED) is 0.341. The van der Waals surface area contributed by atoms with Gasteiger partial charge in [0.2, 0.25) is 6.20 Å². The van der Waals surface area contributed by atoms with Crippen LogP contribution >= 0.6 is 11.3 Å². The molecule has 0 aliphatic rings. The number of hydrogen-bond acceptors (Lipinski definition) is 5. The van der Waals surface area contributed by atoms with E-state index in [4.69, 9.17) is 4.74 Å². The van der Waals surface area contributed by atoms with Crippen molar-refractivity contribution in [1.29, 1.82) is 0 Å². The molecule has 0 aliphatic heterocycles. The Morgan fingerprint density at radius 2 is 2.47 bits per heavy atom. The number of hydrogen-bond donors (Lipinski definition) is 0. The Morgan fingerprint density at radius 1 is 1.73 bits per heavy atom. The number of esters is 1. The highest BCUT2D eigenvalue weighted by Gasteiger charge is 2.18. The molecule has 0 unspecified atom stereocenters. The average molecular weight is 227 g/mol. The second kappa shape index (κ2) is 5.26. The van der Waals surface area contributed by atoms with E-state index in [1.807, 2.05) is 0 Å². The highest BCUT2D eigenvalue weighted by Crippen LogP contribution is 2.21. The number of thiophene rings is 1. The standard InChI is InChI=1S/C9H9NO4S/c1-2-14-9(11)7(6-10(12)13)8-4-3-5-15-8/h3-6H,2H2,1H3/b7-6-. The number of nitro groups is 1. The Morgan fingerprint density at radius 3 is 2.93 bits per heavy atom. The number of rotatable bonds is 4. The monoisotopic (exact) mass is 227 g/mol. The van der Waals surface area contributed by atoms with Crippen LogP contribution in [0.1, 0.15) is 11.8 Å². The minimum absolute atomic E-state index is 0.0168. The SMILES string of the molecule is CCOC(=O)/C(=C\[N+](=O)[O-])c1cccs1. The molecule has 5 nitrogen and oxygen atoms in total. The smallest absolute Gasteiger partial charge is 0.345 e. The number of carbonyl (C=O) groups excluding carboxylic acids is 1. The van der Waals surface area contributed by atoms with E-state index in [9.17, 15) is 14.9 Å². The van der Waals surface area contributed by atoms with Gasteiger partial charge in [0.05, 0.1) is 11.5 Å². The minimum Gasteiger partial charge on any atom is -0.462 e. The summed E-state index contributed by atoms with van der Waals surface area (Å²) >= 11 is 1.25. The number of carbonyl (C=O) groups is 1. The van der Waals surface area contributed by atoms with E-state index in [1.165, 1.54) is 11.3 Å². The zero-order valence-corrected chi connectivity index (χ0v) is 8.82. The molecule has 15 heavy (non-hydrogen) atoms. The lowest BCUT2D eigenvalue weighted by Gasteiger charge is -2.01. The zero-order valence-electron chi connectivity index (χ0n) is 8.00. The lowest BCUT2D eigenvalue weighted by Crippen LogP contribution is -2.07. The summed E-state index contributed by atoms with van der Waals surface area (Å²) in [7, 11) is 0. The predicted molar refractivity (Wildman–Crippen MR) is 55.9 cm³/mol. The van der Waals surface area contributed by atoms with Crippen LogP contribution in [0.5, 0.6) is 0 Å². The maximum Gasteiger partial charge on any atom is 0.345 e. The van der Waals surface area contributed by atoms with Crippen molar-refractivity contribution in [3.63, 3.8) is 0 Å². The first kappa shape index (κ1) is 11.4. The molecule has 6 heteroatoms.